The number of hydrogen-bond acceptors (Lipinski definition) is 3. The van der Waals surface area contributed by atoms with Crippen LogP contribution in [0.15, 0.2) is 29.3 Å². The van der Waals surface area contributed by atoms with Crippen molar-refractivity contribution in [2.24, 2.45) is 5.73 Å². The van der Waals surface area contributed by atoms with Crippen molar-refractivity contribution in [1.82, 2.24) is 0 Å². The highest BCUT2D eigenvalue weighted by atomic mass is 79.9. The van der Waals surface area contributed by atoms with Crippen molar-refractivity contribution >= 4 is 34.0 Å². The zero-order valence-corrected chi connectivity index (χ0v) is 11.2. The molecule has 0 radical (unpaired) electrons. The van der Waals surface area contributed by atoms with Gasteiger partial charge in [-0.3, -0.25) is 0 Å². The number of rotatable bonds is 4. The first-order valence-corrected chi connectivity index (χ1v) is 5.50. The molecule has 5 heteroatoms. The van der Waals surface area contributed by atoms with Gasteiger partial charge in [0.1, 0.15) is 5.75 Å². The number of phenolic OH excluding ortho intramolecular Hbond substituents is 1. The van der Waals surface area contributed by atoms with Gasteiger partial charge in [0.2, 0.25) is 0 Å². The maximum atomic E-state index is 9.79. The Labute approximate surface area is 110 Å². The quantitative estimate of drug-likeness (QED) is 0.454. The van der Waals surface area contributed by atoms with Crippen molar-refractivity contribution in [3.63, 3.8) is 0 Å². The predicted octanol–water partition coefficient (Wildman–Crippen LogP) is 3.12. The third-order valence-corrected chi connectivity index (χ3v) is 2.94. The summed E-state index contributed by atoms with van der Waals surface area (Å²) in [6, 6.07) is 3.20. The summed E-state index contributed by atoms with van der Waals surface area (Å²) < 4.78 is 0.783. The average Bonchev–Trinajstić information content (AvgIpc) is 2.21. The van der Waals surface area contributed by atoms with E-state index < -0.39 is 0 Å². The molecule has 1 aromatic rings. The second-order valence-corrected chi connectivity index (χ2v) is 4.23. The van der Waals surface area contributed by atoms with Crippen LogP contribution in [0.5, 0.6) is 5.75 Å². The van der Waals surface area contributed by atoms with Gasteiger partial charge >= 0.3 is 0 Å². The fourth-order valence-corrected chi connectivity index (χ4v) is 2.01. The minimum absolute atomic E-state index is 0. The van der Waals surface area contributed by atoms with E-state index in [9.17, 15) is 5.11 Å². The Kier molecular flexibility index (Phi) is 6.48. The maximum Gasteiger partial charge on any atom is 0.144 e. The molecule has 90 valence electrons. The zero-order valence-electron chi connectivity index (χ0n) is 8.82. The standard InChI is InChI=1S/C11H15BrN2O.ClH/c1-2-3-4-8(13)10-7(12)5-6-9(14)11(10)15;/h2,5-6,8,15H,1,3-4,13-14H2;1H/t8-;/m0./s1. The fourth-order valence-electron chi connectivity index (χ4n) is 1.39. The van der Waals surface area contributed by atoms with E-state index in [0.717, 1.165) is 17.3 Å². The van der Waals surface area contributed by atoms with Crippen molar-refractivity contribution in [3.05, 3.63) is 34.8 Å². The minimum Gasteiger partial charge on any atom is -0.505 e. The normalized spacial score (nSPS) is 11.6. The first-order valence-electron chi connectivity index (χ1n) is 4.71. The summed E-state index contributed by atoms with van der Waals surface area (Å²) in [4.78, 5) is 0. The molecule has 0 aromatic heterocycles. The molecule has 0 saturated heterocycles. The van der Waals surface area contributed by atoms with E-state index in [0.29, 0.717) is 11.3 Å². The summed E-state index contributed by atoms with van der Waals surface area (Å²) >= 11 is 3.35. The Balaban J connectivity index is 0.00000225. The summed E-state index contributed by atoms with van der Waals surface area (Å²) in [5.74, 6) is 0.0703. The van der Waals surface area contributed by atoms with Crippen LogP contribution >= 0.6 is 28.3 Å². The number of nitrogen functional groups attached to an aromatic ring is 1. The van der Waals surface area contributed by atoms with E-state index in [4.69, 9.17) is 11.5 Å². The molecule has 1 aromatic carbocycles. The monoisotopic (exact) mass is 306 g/mol. The van der Waals surface area contributed by atoms with Gasteiger partial charge in [0.25, 0.3) is 0 Å². The van der Waals surface area contributed by atoms with Gasteiger partial charge in [-0.15, -0.1) is 19.0 Å². The number of allylic oxidation sites excluding steroid dienone is 1. The molecule has 1 rings (SSSR count). The van der Waals surface area contributed by atoms with Crippen molar-refractivity contribution in [1.29, 1.82) is 0 Å². The van der Waals surface area contributed by atoms with Crippen LogP contribution in [0.1, 0.15) is 24.4 Å². The van der Waals surface area contributed by atoms with Crippen molar-refractivity contribution < 1.29 is 5.11 Å². The van der Waals surface area contributed by atoms with E-state index in [-0.39, 0.29) is 24.2 Å². The fraction of sp³-hybridized carbons (Fsp3) is 0.273. The Morgan fingerprint density at radius 1 is 1.50 bits per heavy atom. The zero-order chi connectivity index (χ0) is 11.4. The van der Waals surface area contributed by atoms with Gasteiger partial charge in [0.15, 0.2) is 0 Å². The van der Waals surface area contributed by atoms with Gasteiger partial charge in [-0.2, -0.15) is 0 Å². The number of phenols is 1. The highest BCUT2D eigenvalue weighted by Gasteiger charge is 2.15. The third-order valence-electron chi connectivity index (χ3n) is 2.25. The first-order chi connectivity index (χ1) is 7.07. The van der Waals surface area contributed by atoms with E-state index in [2.05, 4.69) is 22.5 Å². The molecule has 0 unspecified atom stereocenters. The van der Waals surface area contributed by atoms with Crippen LogP contribution < -0.4 is 11.5 Å². The Bertz CT molecular complexity index is 371. The van der Waals surface area contributed by atoms with Crippen molar-refractivity contribution in [2.75, 3.05) is 5.73 Å². The number of hydrogen-bond donors (Lipinski definition) is 3. The number of halogens is 2. The summed E-state index contributed by atoms with van der Waals surface area (Å²) in [6.45, 7) is 3.63. The molecule has 16 heavy (non-hydrogen) atoms. The van der Waals surface area contributed by atoms with Gasteiger partial charge in [-0.25, -0.2) is 0 Å². The lowest BCUT2D eigenvalue weighted by molar-refractivity contribution is 0.460. The van der Waals surface area contributed by atoms with E-state index >= 15 is 0 Å². The summed E-state index contributed by atoms with van der Waals surface area (Å²) in [7, 11) is 0. The molecular formula is C11H16BrClN2O. The molecule has 0 aliphatic heterocycles. The van der Waals surface area contributed by atoms with Gasteiger partial charge in [0, 0.05) is 16.1 Å². The molecule has 3 nitrogen and oxygen atoms in total. The van der Waals surface area contributed by atoms with Crippen LogP contribution in [0, 0.1) is 0 Å². The van der Waals surface area contributed by atoms with Crippen LogP contribution in [0.3, 0.4) is 0 Å². The van der Waals surface area contributed by atoms with Crippen LogP contribution in [0.2, 0.25) is 0 Å². The smallest absolute Gasteiger partial charge is 0.144 e. The molecular weight excluding hydrogens is 291 g/mol. The largest absolute Gasteiger partial charge is 0.505 e. The molecule has 0 amide bonds. The Hall–Kier alpha value is -0.710. The van der Waals surface area contributed by atoms with Crippen LogP contribution in [-0.2, 0) is 0 Å². The number of anilines is 1. The van der Waals surface area contributed by atoms with E-state index in [1.165, 1.54) is 0 Å². The van der Waals surface area contributed by atoms with Crippen LogP contribution in [0.4, 0.5) is 5.69 Å². The van der Waals surface area contributed by atoms with Gasteiger partial charge in [0.05, 0.1) is 5.69 Å². The lowest BCUT2D eigenvalue weighted by Gasteiger charge is -2.15. The summed E-state index contributed by atoms with van der Waals surface area (Å²) in [6.07, 6.45) is 3.35. The number of benzene rings is 1. The molecule has 0 bridgehead atoms. The molecule has 0 saturated carbocycles. The summed E-state index contributed by atoms with van der Waals surface area (Å²) in [5, 5.41) is 9.79. The predicted molar refractivity (Wildman–Crippen MR) is 73.8 cm³/mol. The van der Waals surface area contributed by atoms with Gasteiger partial charge in [-0.1, -0.05) is 22.0 Å². The topological polar surface area (TPSA) is 72.3 Å². The maximum absolute atomic E-state index is 9.79. The number of aromatic hydroxyl groups is 1. The molecule has 1 atom stereocenters. The number of nitrogens with two attached hydrogens (primary N) is 2. The highest BCUT2D eigenvalue weighted by Crippen LogP contribution is 2.36. The van der Waals surface area contributed by atoms with E-state index in [1.54, 1.807) is 18.2 Å². The third kappa shape index (κ3) is 3.40. The van der Waals surface area contributed by atoms with Gasteiger partial charge in [-0.05, 0) is 25.0 Å². The summed E-state index contributed by atoms with van der Waals surface area (Å²) in [5.41, 5.74) is 12.6. The lowest BCUT2D eigenvalue weighted by atomic mass is 10.0. The molecule has 0 fully saturated rings. The SMILES string of the molecule is C=CCC[C@H](N)c1c(Br)ccc(N)c1O.Cl. The van der Waals surface area contributed by atoms with Crippen LogP contribution in [0.25, 0.3) is 0 Å². The Morgan fingerprint density at radius 2 is 2.12 bits per heavy atom. The molecule has 0 spiro atoms. The second kappa shape index (κ2) is 6.78. The minimum atomic E-state index is -0.235. The van der Waals surface area contributed by atoms with Crippen molar-refractivity contribution in [2.45, 2.75) is 18.9 Å². The van der Waals surface area contributed by atoms with Crippen LogP contribution in [-0.4, -0.2) is 5.11 Å². The first kappa shape index (κ1) is 15.3. The van der Waals surface area contributed by atoms with Crippen molar-refractivity contribution in [3.8, 4) is 5.75 Å². The highest BCUT2D eigenvalue weighted by molar-refractivity contribution is 9.10. The second-order valence-electron chi connectivity index (χ2n) is 3.37. The molecule has 0 aliphatic rings. The molecule has 0 heterocycles. The van der Waals surface area contributed by atoms with E-state index in [1.807, 2.05) is 0 Å². The average molecular weight is 308 g/mol. The van der Waals surface area contributed by atoms with Gasteiger partial charge < -0.3 is 16.6 Å². The molecule has 0 aliphatic carbocycles. The Morgan fingerprint density at radius 3 is 2.69 bits per heavy atom. The lowest BCUT2D eigenvalue weighted by Crippen LogP contribution is -2.11. The molecule has 5 N–H and O–H groups in total.